The van der Waals surface area contributed by atoms with Gasteiger partial charge in [0.15, 0.2) is 5.78 Å². The van der Waals surface area contributed by atoms with Crippen LogP contribution >= 0.6 is 0 Å². The molecule has 0 N–H and O–H groups in total. The molecule has 0 saturated carbocycles. The molecule has 0 amide bonds. The van der Waals surface area contributed by atoms with Crippen LogP contribution in [-0.4, -0.2) is 10.8 Å². The molecule has 0 aliphatic heterocycles. The highest BCUT2D eigenvalue weighted by molar-refractivity contribution is 5.93. The molecule has 70 valence electrons. The van der Waals surface area contributed by atoms with Gasteiger partial charge in [-0.2, -0.15) is 0 Å². The summed E-state index contributed by atoms with van der Waals surface area (Å²) in [6, 6.07) is 2.04. The molecule has 2 nitrogen and oxygen atoms in total. The van der Waals surface area contributed by atoms with Crippen molar-refractivity contribution in [3.05, 3.63) is 29.1 Å². The fourth-order valence-corrected chi connectivity index (χ4v) is 1.28. The lowest BCUT2D eigenvalue weighted by atomic mass is 10.0. The number of carbonyl (C=O) groups is 1. The highest BCUT2D eigenvalue weighted by Crippen LogP contribution is 2.16. The van der Waals surface area contributed by atoms with Gasteiger partial charge in [-0.25, -0.2) is 0 Å². The van der Waals surface area contributed by atoms with Crippen LogP contribution in [0.2, 0.25) is 0 Å². The van der Waals surface area contributed by atoms with Crippen molar-refractivity contribution >= 4 is 5.78 Å². The molecule has 1 aromatic heterocycles. The van der Waals surface area contributed by atoms with Gasteiger partial charge in [0.2, 0.25) is 0 Å². The van der Waals surface area contributed by atoms with E-state index in [1.165, 1.54) is 5.56 Å². The molecule has 2 heteroatoms. The Morgan fingerprint density at radius 3 is 2.46 bits per heavy atom. The first-order valence-corrected chi connectivity index (χ1v) is 4.50. The Morgan fingerprint density at radius 1 is 1.46 bits per heavy atom. The zero-order valence-corrected chi connectivity index (χ0v) is 8.59. The average molecular weight is 177 g/mol. The number of ketones is 1. The molecule has 0 aliphatic carbocycles. The molecular weight excluding hydrogens is 162 g/mol. The highest BCUT2D eigenvalue weighted by atomic mass is 16.1. The van der Waals surface area contributed by atoms with Gasteiger partial charge in [0.05, 0.1) is 0 Å². The number of aryl methyl sites for hydroxylation is 1. The second-order valence-corrected chi connectivity index (χ2v) is 3.65. The van der Waals surface area contributed by atoms with E-state index < -0.39 is 0 Å². The molecule has 0 atom stereocenters. The molecule has 1 rings (SSSR count). The van der Waals surface area contributed by atoms with Crippen LogP contribution < -0.4 is 0 Å². The molecule has 0 unspecified atom stereocenters. The Bertz CT molecular complexity index is 329. The van der Waals surface area contributed by atoms with E-state index in [-0.39, 0.29) is 5.78 Å². The second kappa shape index (κ2) is 3.69. The third kappa shape index (κ3) is 2.14. The normalized spacial score (nSPS) is 10.5. The molecular formula is C11H15NO. The van der Waals surface area contributed by atoms with Crippen LogP contribution in [0.5, 0.6) is 0 Å². The van der Waals surface area contributed by atoms with Crippen molar-refractivity contribution in [1.29, 1.82) is 0 Å². The fraction of sp³-hybridized carbons (Fsp3) is 0.455. The van der Waals surface area contributed by atoms with Crippen LogP contribution in [0.4, 0.5) is 0 Å². The molecule has 1 aromatic rings. The fourth-order valence-electron chi connectivity index (χ4n) is 1.28. The van der Waals surface area contributed by atoms with Crippen molar-refractivity contribution in [2.24, 2.45) is 0 Å². The van der Waals surface area contributed by atoms with Gasteiger partial charge in [0.1, 0.15) is 5.69 Å². The van der Waals surface area contributed by atoms with Gasteiger partial charge in [-0.15, -0.1) is 0 Å². The number of carbonyl (C=O) groups excluding carboxylic acids is 1. The summed E-state index contributed by atoms with van der Waals surface area (Å²) in [5.41, 5.74) is 2.74. The largest absolute Gasteiger partial charge is 0.293 e. The van der Waals surface area contributed by atoms with Gasteiger partial charge in [0.25, 0.3) is 0 Å². The Kier molecular flexibility index (Phi) is 2.81. The molecule has 0 aliphatic rings. The van der Waals surface area contributed by atoms with Gasteiger partial charge in [0, 0.05) is 13.1 Å². The molecule has 0 bridgehead atoms. The van der Waals surface area contributed by atoms with E-state index in [2.05, 4.69) is 18.8 Å². The number of rotatable bonds is 2. The lowest BCUT2D eigenvalue weighted by Crippen LogP contribution is -2.02. The summed E-state index contributed by atoms with van der Waals surface area (Å²) in [6.07, 6.45) is 1.79. The number of hydrogen-bond acceptors (Lipinski definition) is 2. The lowest BCUT2D eigenvalue weighted by molar-refractivity contribution is 0.101. The Hall–Kier alpha value is -1.18. The van der Waals surface area contributed by atoms with Gasteiger partial charge in [-0.3, -0.25) is 9.78 Å². The average Bonchev–Trinajstić information content (AvgIpc) is 2.03. The van der Waals surface area contributed by atoms with E-state index in [9.17, 15) is 4.79 Å². The zero-order chi connectivity index (χ0) is 10.0. The van der Waals surface area contributed by atoms with E-state index in [1.54, 1.807) is 13.1 Å². The first-order chi connectivity index (χ1) is 6.02. The predicted octanol–water partition coefficient (Wildman–Crippen LogP) is 2.72. The Morgan fingerprint density at radius 2 is 2.08 bits per heavy atom. The van der Waals surface area contributed by atoms with Crippen LogP contribution in [-0.2, 0) is 0 Å². The smallest absolute Gasteiger partial charge is 0.178 e. The summed E-state index contributed by atoms with van der Waals surface area (Å²) < 4.78 is 0. The molecule has 0 aromatic carbocycles. The van der Waals surface area contributed by atoms with Crippen LogP contribution in [0, 0.1) is 6.92 Å². The first-order valence-electron chi connectivity index (χ1n) is 4.50. The quantitative estimate of drug-likeness (QED) is 0.650. The van der Waals surface area contributed by atoms with Crippen LogP contribution in [0.3, 0.4) is 0 Å². The number of nitrogens with zero attached hydrogens (tertiary/aromatic N) is 1. The molecule has 13 heavy (non-hydrogen) atoms. The maximum absolute atomic E-state index is 11.1. The standard InChI is InChI=1S/C11H15NO/c1-7(2)10-5-8(3)11(9(4)13)12-6-10/h5-7H,1-4H3. The molecule has 0 fully saturated rings. The van der Waals surface area contributed by atoms with Crippen LogP contribution in [0.15, 0.2) is 12.3 Å². The van der Waals surface area contributed by atoms with Crippen molar-refractivity contribution < 1.29 is 4.79 Å². The summed E-state index contributed by atoms with van der Waals surface area (Å²) in [5, 5.41) is 0. The third-order valence-corrected chi connectivity index (χ3v) is 2.10. The van der Waals surface area contributed by atoms with E-state index in [4.69, 9.17) is 0 Å². The third-order valence-electron chi connectivity index (χ3n) is 2.10. The minimum absolute atomic E-state index is 0.0350. The van der Waals surface area contributed by atoms with Crippen molar-refractivity contribution in [2.45, 2.75) is 33.6 Å². The summed E-state index contributed by atoms with van der Waals surface area (Å²) in [6.45, 7) is 7.70. The summed E-state index contributed by atoms with van der Waals surface area (Å²) in [5.74, 6) is 0.500. The van der Waals surface area contributed by atoms with Crippen molar-refractivity contribution in [3.63, 3.8) is 0 Å². The van der Waals surface area contributed by atoms with E-state index >= 15 is 0 Å². The summed E-state index contributed by atoms with van der Waals surface area (Å²) >= 11 is 0. The summed E-state index contributed by atoms with van der Waals surface area (Å²) in [7, 11) is 0. The van der Waals surface area contributed by atoms with E-state index in [0.717, 1.165) is 5.56 Å². The maximum atomic E-state index is 11.1. The SMILES string of the molecule is CC(=O)c1ncc(C(C)C)cc1C. The second-order valence-electron chi connectivity index (χ2n) is 3.65. The molecule has 1 heterocycles. The topological polar surface area (TPSA) is 30.0 Å². The van der Waals surface area contributed by atoms with Crippen molar-refractivity contribution in [1.82, 2.24) is 4.98 Å². The lowest BCUT2D eigenvalue weighted by Gasteiger charge is -2.07. The van der Waals surface area contributed by atoms with Crippen LogP contribution in [0.25, 0.3) is 0 Å². The number of pyridine rings is 1. The number of Topliss-reactive ketones (excluding diaryl/α,β-unsaturated/α-hetero) is 1. The monoisotopic (exact) mass is 177 g/mol. The maximum Gasteiger partial charge on any atom is 0.178 e. The Labute approximate surface area is 79.0 Å². The van der Waals surface area contributed by atoms with Crippen molar-refractivity contribution in [3.8, 4) is 0 Å². The minimum Gasteiger partial charge on any atom is -0.293 e. The molecule has 0 spiro atoms. The molecule has 0 saturated heterocycles. The minimum atomic E-state index is 0.0350. The van der Waals surface area contributed by atoms with E-state index in [1.807, 2.05) is 13.0 Å². The van der Waals surface area contributed by atoms with Gasteiger partial charge < -0.3 is 0 Å². The highest BCUT2D eigenvalue weighted by Gasteiger charge is 2.07. The van der Waals surface area contributed by atoms with Gasteiger partial charge >= 0.3 is 0 Å². The first kappa shape index (κ1) is 9.90. The van der Waals surface area contributed by atoms with Crippen molar-refractivity contribution in [2.75, 3.05) is 0 Å². The van der Waals surface area contributed by atoms with E-state index in [0.29, 0.717) is 11.6 Å². The van der Waals surface area contributed by atoms with Crippen LogP contribution in [0.1, 0.15) is 48.3 Å². The van der Waals surface area contributed by atoms with Gasteiger partial charge in [-0.1, -0.05) is 19.9 Å². The summed E-state index contributed by atoms with van der Waals surface area (Å²) in [4.78, 5) is 15.2. The predicted molar refractivity (Wildman–Crippen MR) is 53.1 cm³/mol. The Balaban J connectivity index is 3.13. The molecule has 0 radical (unpaired) electrons. The number of aromatic nitrogens is 1. The zero-order valence-electron chi connectivity index (χ0n) is 8.59. The van der Waals surface area contributed by atoms with Gasteiger partial charge in [-0.05, 0) is 24.0 Å². The number of hydrogen-bond donors (Lipinski definition) is 0.